The zero-order valence-corrected chi connectivity index (χ0v) is 48.9. The summed E-state index contributed by atoms with van der Waals surface area (Å²) in [4.78, 5) is 31.5. The first-order valence-corrected chi connectivity index (χ1v) is 33.4. The Balaban J connectivity index is 1.98. The van der Waals surface area contributed by atoms with E-state index in [0.29, 0.717) is 45.1 Å². The van der Waals surface area contributed by atoms with Gasteiger partial charge in [0.15, 0.2) is 12.6 Å². The molecule has 0 amide bonds. The van der Waals surface area contributed by atoms with Crippen LogP contribution in [-0.4, -0.2) is 28.7 Å². The number of aldehydes is 2. The van der Waals surface area contributed by atoms with Crippen molar-refractivity contribution < 1.29 is 9.59 Å². The molecule has 0 bridgehead atoms. The molecule has 4 heterocycles. The van der Waals surface area contributed by atoms with Crippen LogP contribution in [0.1, 0.15) is 204 Å². The third-order valence-corrected chi connectivity index (χ3v) is 32.9. The van der Waals surface area contributed by atoms with Gasteiger partial charge in [0.2, 0.25) is 0 Å². The summed E-state index contributed by atoms with van der Waals surface area (Å²) in [5, 5.41) is 2.40. The Labute approximate surface area is 419 Å². The van der Waals surface area contributed by atoms with E-state index in [1.165, 1.54) is 89.3 Å². The van der Waals surface area contributed by atoms with Gasteiger partial charge >= 0.3 is 0 Å². The Morgan fingerprint density at radius 3 is 1.11 bits per heavy atom. The Morgan fingerprint density at radius 1 is 0.500 bits per heavy atom. The normalized spacial score (nSPS) is 13.4. The average molecular weight is 996 g/mol. The van der Waals surface area contributed by atoms with E-state index in [0.717, 1.165) is 59.1 Å². The van der Waals surface area contributed by atoms with Crippen LogP contribution in [0.3, 0.4) is 0 Å². The molecule has 1 aromatic carbocycles. The van der Waals surface area contributed by atoms with E-state index < -0.39 is 16.1 Å². The first-order chi connectivity index (χ1) is 31.4. The van der Waals surface area contributed by atoms with Crippen molar-refractivity contribution in [1.82, 2.24) is 0 Å². The lowest BCUT2D eigenvalue weighted by atomic mass is 9.92. The number of carbonyl (C=O) groups is 2. The summed E-state index contributed by atoms with van der Waals surface area (Å²) in [5.74, 6) is 9.32. The largest absolute Gasteiger partial charge is 0.297 e. The number of fused-ring (bicyclic) bond motifs is 2. The number of rotatable bonds is 22. The molecule has 66 heavy (non-hydrogen) atoms. The van der Waals surface area contributed by atoms with E-state index in [1.807, 2.05) is 22.7 Å². The molecule has 2 atom stereocenters. The highest BCUT2D eigenvalue weighted by Crippen LogP contribution is 2.50. The summed E-state index contributed by atoms with van der Waals surface area (Å²) in [6.07, 6.45) is 13.6. The molecular weight excluding hydrogens is 913 g/mol. The highest BCUT2D eigenvalue weighted by molar-refractivity contribution is 7.28. The number of carbonyl (C=O) groups excluding carboxylic acids is 2. The van der Waals surface area contributed by atoms with Gasteiger partial charge in [0.25, 0.3) is 0 Å². The van der Waals surface area contributed by atoms with Gasteiger partial charge in [-0.05, 0) is 93.3 Å². The number of benzene rings is 1. The average Bonchev–Trinajstić information content (AvgIpc) is 4.08. The topological polar surface area (TPSA) is 34.1 Å². The molecule has 0 aliphatic rings. The molecule has 0 radical (unpaired) electrons. The number of hydrogen-bond donors (Lipinski definition) is 0. The van der Waals surface area contributed by atoms with E-state index in [-0.39, 0.29) is 0 Å². The molecule has 358 valence electrons. The Bertz CT molecular complexity index is 2280. The number of hydrogen-bond acceptors (Lipinski definition) is 6. The van der Waals surface area contributed by atoms with Crippen molar-refractivity contribution in [3.8, 4) is 42.4 Å². The molecule has 0 fully saturated rings. The van der Waals surface area contributed by atoms with Crippen LogP contribution < -0.4 is 0 Å². The van der Waals surface area contributed by atoms with Crippen LogP contribution in [0, 0.1) is 34.8 Å². The highest BCUT2D eigenvalue weighted by atomic mass is 32.1. The van der Waals surface area contributed by atoms with Crippen LogP contribution in [0.15, 0.2) is 24.3 Å². The summed E-state index contributed by atoms with van der Waals surface area (Å²) in [6.45, 7) is 38.1. The SMILES string of the molecule is CCCCC(CC)Cc1cc(C=O)sc1-c1cc2c(C#C[Si](C(C)C)(C(C)C)C(C)C)c3sc(-c4sc(C=O)cc4CC(CC)CCCC)cc3c(C#C[Si](C(C)C)(C(C)C)C(C)C)c2s1. The van der Waals surface area contributed by atoms with E-state index in [2.05, 4.69) is 158 Å². The molecule has 8 heteroatoms. The third-order valence-electron chi connectivity index (χ3n) is 15.4. The van der Waals surface area contributed by atoms with Gasteiger partial charge in [0.05, 0.1) is 30.3 Å². The first kappa shape index (κ1) is 54.4. The Hall–Kier alpha value is -2.57. The fourth-order valence-corrected chi connectivity index (χ4v) is 26.8. The summed E-state index contributed by atoms with van der Waals surface area (Å²) in [6, 6.07) is 9.23. The van der Waals surface area contributed by atoms with Crippen LogP contribution >= 0.6 is 45.3 Å². The van der Waals surface area contributed by atoms with Gasteiger partial charge in [-0.2, -0.15) is 0 Å². The Morgan fingerprint density at radius 2 is 0.833 bits per heavy atom. The van der Waals surface area contributed by atoms with Gasteiger partial charge in [-0.3, -0.25) is 9.59 Å². The van der Waals surface area contributed by atoms with Gasteiger partial charge in [0.1, 0.15) is 16.1 Å². The van der Waals surface area contributed by atoms with Gasteiger partial charge < -0.3 is 0 Å². The predicted molar refractivity (Wildman–Crippen MR) is 304 cm³/mol. The van der Waals surface area contributed by atoms with Crippen molar-refractivity contribution in [2.75, 3.05) is 0 Å². The van der Waals surface area contributed by atoms with Crippen LogP contribution in [0.25, 0.3) is 39.7 Å². The maximum Gasteiger partial charge on any atom is 0.160 e. The second kappa shape index (κ2) is 23.8. The van der Waals surface area contributed by atoms with E-state index >= 15 is 0 Å². The molecule has 4 aromatic heterocycles. The zero-order valence-electron chi connectivity index (χ0n) is 43.6. The third kappa shape index (κ3) is 11.2. The standard InChI is InChI=1S/C58H82O2S4Si2/c1-17-21-23-43(19-3)29-45-31-47(35-59)61-55(45)53-33-51-49(25-27-65(37(5)6,38(7)8)39(9)10)58-52(50(57(51)63-53)26-28-66(40(11)12,41(13)14)42(15)16)34-54(64-58)56-46(32-48(36-60)62-56)30-44(20-4)24-22-18-2/h31-44H,17-24,29-30H2,1-16H3. The van der Waals surface area contributed by atoms with Crippen molar-refractivity contribution in [2.45, 2.75) is 208 Å². The summed E-state index contributed by atoms with van der Waals surface area (Å²) in [5.41, 5.74) is 16.3. The minimum atomic E-state index is -2.13. The maximum absolute atomic E-state index is 12.5. The minimum Gasteiger partial charge on any atom is -0.297 e. The van der Waals surface area contributed by atoms with Gasteiger partial charge in [-0.15, -0.1) is 56.4 Å². The molecule has 0 spiro atoms. The van der Waals surface area contributed by atoms with Gasteiger partial charge in [0, 0.05) is 30.3 Å². The molecule has 0 N–H and O–H groups in total. The number of unbranched alkanes of at least 4 members (excludes halogenated alkanes) is 2. The summed E-state index contributed by atoms with van der Waals surface area (Å²) < 4.78 is 2.44. The van der Waals surface area contributed by atoms with Gasteiger partial charge in [-0.1, -0.05) is 174 Å². The van der Waals surface area contributed by atoms with Crippen molar-refractivity contribution in [3.05, 3.63) is 56.3 Å². The second-order valence-corrected chi connectivity index (χ2v) is 36.7. The van der Waals surface area contributed by atoms with Crippen LogP contribution in [0.4, 0.5) is 0 Å². The fourth-order valence-electron chi connectivity index (χ4n) is 11.7. The molecule has 0 aliphatic heterocycles. The molecule has 5 aromatic rings. The van der Waals surface area contributed by atoms with Gasteiger partial charge in [-0.25, -0.2) is 0 Å². The van der Waals surface area contributed by atoms with Crippen molar-refractivity contribution in [2.24, 2.45) is 11.8 Å². The summed E-state index contributed by atoms with van der Waals surface area (Å²) in [7, 11) is -4.26. The molecule has 0 saturated carbocycles. The molecule has 5 rings (SSSR count). The van der Waals surface area contributed by atoms with E-state index in [4.69, 9.17) is 0 Å². The van der Waals surface area contributed by atoms with E-state index in [1.54, 1.807) is 22.7 Å². The van der Waals surface area contributed by atoms with Crippen molar-refractivity contribution in [1.29, 1.82) is 0 Å². The lowest BCUT2D eigenvalue weighted by molar-refractivity contribution is 0.111. The minimum absolute atomic E-state index is 0.503. The van der Waals surface area contributed by atoms with Crippen LogP contribution in [-0.2, 0) is 12.8 Å². The quantitative estimate of drug-likeness (QED) is 0.0393. The zero-order chi connectivity index (χ0) is 48.7. The fraction of sp³-hybridized carbons (Fsp3) is 0.586. The predicted octanol–water partition coefficient (Wildman–Crippen LogP) is 19.9. The van der Waals surface area contributed by atoms with Crippen LogP contribution in [0.2, 0.25) is 33.2 Å². The molecule has 2 unspecified atom stereocenters. The van der Waals surface area contributed by atoms with E-state index in [9.17, 15) is 9.59 Å². The smallest absolute Gasteiger partial charge is 0.160 e. The maximum atomic E-state index is 12.5. The van der Waals surface area contributed by atoms with Crippen LogP contribution in [0.5, 0.6) is 0 Å². The second-order valence-electron chi connectivity index (χ2n) is 21.2. The molecular formula is C58H82O2S4Si2. The molecule has 0 aliphatic carbocycles. The molecule has 2 nitrogen and oxygen atoms in total. The van der Waals surface area contributed by atoms with Crippen molar-refractivity contribution in [3.63, 3.8) is 0 Å². The van der Waals surface area contributed by atoms with Crippen molar-refractivity contribution >= 4 is 94.2 Å². The lowest BCUT2D eigenvalue weighted by Crippen LogP contribution is -2.43. The number of thiophene rings is 4. The highest BCUT2D eigenvalue weighted by Gasteiger charge is 2.43. The summed E-state index contributed by atoms with van der Waals surface area (Å²) >= 11 is 7.06. The molecule has 0 saturated heterocycles. The first-order valence-electron chi connectivity index (χ1n) is 25.6. The monoisotopic (exact) mass is 994 g/mol. The Kier molecular flexibility index (Phi) is 19.6. The lowest BCUT2D eigenvalue weighted by Gasteiger charge is -2.38.